The molecule has 3 heteroatoms. The van der Waals surface area contributed by atoms with Crippen molar-refractivity contribution < 1.29 is 15.0 Å². The SMILES string of the molecule is C.Cc1ccc(C(=O)C2CCC(C)CC2)c(F)c1F.[HH]. The smallest absolute Gasteiger partial charge is 0.169 e. The molecule has 0 aromatic heterocycles. The molecule has 1 saturated carbocycles. The Morgan fingerprint density at radius 2 is 1.74 bits per heavy atom. The molecule has 1 aromatic rings. The van der Waals surface area contributed by atoms with E-state index >= 15 is 0 Å². The zero-order valence-corrected chi connectivity index (χ0v) is 10.8. The number of rotatable bonds is 2. The zero-order chi connectivity index (χ0) is 13.3. The topological polar surface area (TPSA) is 17.1 Å². The van der Waals surface area contributed by atoms with Gasteiger partial charge in [0.15, 0.2) is 17.4 Å². The predicted octanol–water partition coefficient (Wildman–Crippen LogP) is 5.16. The molecule has 0 spiro atoms. The van der Waals surface area contributed by atoms with Gasteiger partial charge in [0, 0.05) is 7.34 Å². The fourth-order valence-electron chi connectivity index (χ4n) is 2.58. The minimum atomic E-state index is -0.987. The summed E-state index contributed by atoms with van der Waals surface area (Å²) >= 11 is 0. The summed E-state index contributed by atoms with van der Waals surface area (Å²) in [4.78, 5) is 12.2. The van der Waals surface area contributed by atoms with Crippen LogP contribution >= 0.6 is 0 Å². The summed E-state index contributed by atoms with van der Waals surface area (Å²) in [6.45, 7) is 3.65. The van der Waals surface area contributed by atoms with Crippen LogP contribution < -0.4 is 0 Å². The normalized spacial score (nSPS) is 22.7. The molecule has 0 N–H and O–H groups in total. The lowest BCUT2D eigenvalue weighted by molar-refractivity contribution is 0.0870. The molecule has 0 unspecified atom stereocenters. The predicted molar refractivity (Wildman–Crippen MR) is 75.4 cm³/mol. The van der Waals surface area contributed by atoms with E-state index in [1.165, 1.54) is 19.1 Å². The summed E-state index contributed by atoms with van der Waals surface area (Å²) < 4.78 is 27.2. The molecule has 0 bridgehead atoms. The highest BCUT2D eigenvalue weighted by Crippen LogP contribution is 2.31. The van der Waals surface area contributed by atoms with E-state index in [4.69, 9.17) is 0 Å². The monoisotopic (exact) mass is 270 g/mol. The lowest BCUT2D eigenvalue weighted by atomic mass is 9.79. The molecule has 0 radical (unpaired) electrons. The second-order valence-corrected chi connectivity index (χ2v) is 5.38. The van der Waals surface area contributed by atoms with Crippen molar-refractivity contribution in [3.05, 3.63) is 34.9 Å². The van der Waals surface area contributed by atoms with Crippen molar-refractivity contribution in [3.8, 4) is 0 Å². The fraction of sp³-hybridized carbons (Fsp3) is 0.562. The van der Waals surface area contributed by atoms with Gasteiger partial charge in [0.2, 0.25) is 0 Å². The van der Waals surface area contributed by atoms with Gasteiger partial charge in [-0.25, -0.2) is 8.78 Å². The second kappa shape index (κ2) is 6.27. The Balaban J connectivity index is 0.00000180. The van der Waals surface area contributed by atoms with Gasteiger partial charge in [-0.15, -0.1) is 0 Å². The molecule has 1 fully saturated rings. The number of hydrogen-bond acceptors (Lipinski definition) is 1. The first-order valence-corrected chi connectivity index (χ1v) is 6.49. The number of carbonyl (C=O) groups is 1. The van der Waals surface area contributed by atoms with Crippen LogP contribution in [-0.2, 0) is 0 Å². The van der Waals surface area contributed by atoms with Gasteiger partial charge in [0.1, 0.15) is 0 Å². The van der Waals surface area contributed by atoms with Crippen LogP contribution in [0.2, 0.25) is 0 Å². The first-order valence-electron chi connectivity index (χ1n) is 6.49. The van der Waals surface area contributed by atoms with Crippen LogP contribution in [0.5, 0.6) is 0 Å². The summed E-state index contributed by atoms with van der Waals surface area (Å²) in [5, 5.41) is 0. The van der Waals surface area contributed by atoms with Gasteiger partial charge in [0.05, 0.1) is 5.56 Å². The highest BCUT2D eigenvalue weighted by Gasteiger charge is 2.28. The van der Waals surface area contributed by atoms with Crippen molar-refractivity contribution in [3.63, 3.8) is 0 Å². The number of hydrogen-bond donors (Lipinski definition) is 0. The van der Waals surface area contributed by atoms with E-state index in [1.54, 1.807) is 0 Å². The summed E-state index contributed by atoms with van der Waals surface area (Å²) in [5.74, 6) is -1.63. The zero-order valence-electron chi connectivity index (χ0n) is 10.8. The second-order valence-electron chi connectivity index (χ2n) is 5.38. The van der Waals surface area contributed by atoms with Crippen molar-refractivity contribution in [2.75, 3.05) is 0 Å². The third-order valence-corrected chi connectivity index (χ3v) is 3.93. The molecule has 19 heavy (non-hydrogen) atoms. The molecule has 1 aliphatic rings. The number of halogens is 2. The van der Waals surface area contributed by atoms with E-state index < -0.39 is 11.6 Å². The molecular weight excluding hydrogens is 246 g/mol. The van der Waals surface area contributed by atoms with Crippen LogP contribution in [0.4, 0.5) is 8.78 Å². The van der Waals surface area contributed by atoms with E-state index in [1.807, 2.05) is 0 Å². The number of benzene rings is 1. The quantitative estimate of drug-likeness (QED) is 0.678. The van der Waals surface area contributed by atoms with Crippen molar-refractivity contribution in [1.82, 2.24) is 0 Å². The average molecular weight is 270 g/mol. The molecule has 0 atom stereocenters. The first-order chi connectivity index (χ1) is 8.50. The average Bonchev–Trinajstić information content (AvgIpc) is 2.36. The van der Waals surface area contributed by atoms with Crippen molar-refractivity contribution in [2.24, 2.45) is 11.8 Å². The molecule has 0 heterocycles. The van der Waals surface area contributed by atoms with Gasteiger partial charge in [-0.3, -0.25) is 4.79 Å². The number of aryl methyl sites for hydroxylation is 1. The van der Waals surface area contributed by atoms with Gasteiger partial charge >= 0.3 is 0 Å². The molecule has 108 valence electrons. The minimum Gasteiger partial charge on any atom is -0.294 e. The van der Waals surface area contributed by atoms with E-state index in [2.05, 4.69) is 6.92 Å². The molecule has 1 aliphatic carbocycles. The van der Waals surface area contributed by atoms with Crippen LogP contribution in [0.15, 0.2) is 12.1 Å². The van der Waals surface area contributed by atoms with Crippen LogP contribution in [0.1, 0.15) is 57.4 Å². The van der Waals surface area contributed by atoms with Crippen LogP contribution in [0, 0.1) is 30.4 Å². The first kappa shape index (κ1) is 15.8. The standard InChI is InChI=1S/C15H18F2O.CH4.H2/c1-9-3-6-11(7-4-9)15(18)12-8-5-10(2)13(16)14(12)17;;/h5,8-9,11H,3-4,6-7H2,1-2H3;1H4;1H. The lowest BCUT2D eigenvalue weighted by Crippen LogP contribution is -2.22. The third-order valence-electron chi connectivity index (χ3n) is 3.93. The number of carbonyl (C=O) groups excluding carboxylic acids is 1. The van der Waals surface area contributed by atoms with E-state index in [0.717, 1.165) is 25.7 Å². The van der Waals surface area contributed by atoms with Crippen LogP contribution in [-0.4, -0.2) is 5.78 Å². The van der Waals surface area contributed by atoms with E-state index in [0.29, 0.717) is 5.92 Å². The van der Waals surface area contributed by atoms with Crippen molar-refractivity contribution in [1.29, 1.82) is 0 Å². The highest BCUT2D eigenvalue weighted by molar-refractivity contribution is 5.98. The van der Waals surface area contributed by atoms with E-state index in [-0.39, 0.29) is 31.7 Å². The largest absolute Gasteiger partial charge is 0.294 e. The fourth-order valence-corrected chi connectivity index (χ4v) is 2.58. The molecule has 1 aromatic carbocycles. The Morgan fingerprint density at radius 3 is 2.32 bits per heavy atom. The van der Waals surface area contributed by atoms with Gasteiger partial charge < -0.3 is 0 Å². The lowest BCUT2D eigenvalue weighted by Gasteiger charge is -2.25. The maximum atomic E-state index is 13.7. The summed E-state index contributed by atoms with van der Waals surface area (Å²) in [6, 6.07) is 2.88. The van der Waals surface area contributed by atoms with Crippen LogP contribution in [0.3, 0.4) is 0 Å². The molecule has 0 amide bonds. The van der Waals surface area contributed by atoms with Gasteiger partial charge in [-0.05, 0) is 37.3 Å². The Morgan fingerprint density at radius 1 is 1.16 bits per heavy atom. The summed E-state index contributed by atoms with van der Waals surface area (Å²) in [5.41, 5.74) is 0.152. The summed E-state index contributed by atoms with van der Waals surface area (Å²) in [6.07, 6.45) is 3.56. The maximum absolute atomic E-state index is 13.7. The molecular formula is C16H24F2O. The van der Waals surface area contributed by atoms with Gasteiger partial charge in [-0.1, -0.05) is 33.3 Å². The maximum Gasteiger partial charge on any atom is 0.169 e. The molecule has 0 saturated heterocycles. The van der Waals surface area contributed by atoms with Gasteiger partial charge in [0.25, 0.3) is 0 Å². The van der Waals surface area contributed by atoms with Gasteiger partial charge in [-0.2, -0.15) is 0 Å². The van der Waals surface area contributed by atoms with Crippen molar-refractivity contribution in [2.45, 2.75) is 47.0 Å². The Labute approximate surface area is 115 Å². The highest BCUT2D eigenvalue weighted by atomic mass is 19.2. The molecule has 1 nitrogen and oxygen atoms in total. The Kier molecular flexibility index (Phi) is 5.21. The third kappa shape index (κ3) is 3.20. The number of Topliss-reactive ketones (excluding diaryl/α,β-unsaturated/α-hetero) is 1. The van der Waals surface area contributed by atoms with Crippen LogP contribution in [0.25, 0.3) is 0 Å². The Bertz CT molecular complexity index is 466. The molecule has 2 rings (SSSR count). The van der Waals surface area contributed by atoms with Crippen molar-refractivity contribution >= 4 is 5.78 Å². The molecule has 0 aliphatic heterocycles. The minimum absolute atomic E-state index is 0. The Hall–Kier alpha value is -1.25. The summed E-state index contributed by atoms with van der Waals surface area (Å²) in [7, 11) is 0. The number of ketones is 1. The van der Waals surface area contributed by atoms with E-state index in [9.17, 15) is 13.6 Å².